The molecule has 0 amide bonds. The Balaban J connectivity index is 0.00000312. The van der Waals surface area contributed by atoms with Gasteiger partial charge in [-0.15, -0.1) is 34.2 Å². The van der Waals surface area contributed by atoms with Gasteiger partial charge in [-0.05, 0) is 19.9 Å². The fourth-order valence-corrected chi connectivity index (χ4v) is 2.44. The Morgan fingerprint density at radius 3 is 2.76 bits per heavy atom. The van der Waals surface area contributed by atoms with Crippen LogP contribution in [-0.2, 0) is 19.6 Å². The van der Waals surface area contributed by atoms with Crippen molar-refractivity contribution in [1.82, 2.24) is 25.0 Å². The number of aromatic nitrogens is 3. The standard InChI is InChI=1S/C17H26N6O.HI/c1-5-18-17(19-11-16-21-20-13-23(16)6-2)22(3)12-14-9-7-8-10-15(14)24-4;/h7-10,13H,5-6,11-12H2,1-4H3,(H,18,19);1H. The molecule has 0 aliphatic heterocycles. The van der Waals surface area contributed by atoms with Gasteiger partial charge in [-0.3, -0.25) is 0 Å². The SMILES string of the molecule is CCNC(=NCc1nncn1CC)N(C)Cc1ccccc1OC.I. The van der Waals surface area contributed by atoms with E-state index in [1.807, 2.05) is 29.8 Å². The van der Waals surface area contributed by atoms with Gasteiger partial charge in [0.15, 0.2) is 11.8 Å². The monoisotopic (exact) mass is 458 g/mol. The highest BCUT2D eigenvalue weighted by molar-refractivity contribution is 14.0. The average Bonchev–Trinajstić information content (AvgIpc) is 3.06. The third kappa shape index (κ3) is 5.87. The third-order valence-electron chi connectivity index (χ3n) is 3.70. The second kappa shape index (κ2) is 10.9. The first-order valence-electron chi connectivity index (χ1n) is 8.17. The van der Waals surface area contributed by atoms with E-state index in [1.165, 1.54) is 0 Å². The number of para-hydroxylation sites is 1. The maximum Gasteiger partial charge on any atom is 0.194 e. The molecule has 0 unspecified atom stereocenters. The summed E-state index contributed by atoms with van der Waals surface area (Å²) in [6.45, 7) is 6.96. The van der Waals surface area contributed by atoms with Crippen molar-refractivity contribution in [3.63, 3.8) is 0 Å². The van der Waals surface area contributed by atoms with Crippen LogP contribution in [-0.4, -0.2) is 46.3 Å². The number of hydrogen-bond acceptors (Lipinski definition) is 4. The van der Waals surface area contributed by atoms with E-state index in [0.29, 0.717) is 13.1 Å². The van der Waals surface area contributed by atoms with Crippen molar-refractivity contribution in [2.45, 2.75) is 33.5 Å². The largest absolute Gasteiger partial charge is 0.496 e. The topological polar surface area (TPSA) is 67.6 Å². The fraction of sp³-hybridized carbons (Fsp3) is 0.471. The zero-order valence-electron chi connectivity index (χ0n) is 15.3. The normalized spacial score (nSPS) is 11.0. The summed E-state index contributed by atoms with van der Waals surface area (Å²) in [5, 5.41) is 11.4. The molecule has 0 radical (unpaired) electrons. The van der Waals surface area contributed by atoms with Gasteiger partial charge in [-0.2, -0.15) is 0 Å². The average molecular weight is 458 g/mol. The van der Waals surface area contributed by atoms with Crippen molar-refractivity contribution in [1.29, 1.82) is 0 Å². The van der Waals surface area contributed by atoms with Gasteiger partial charge in [0.2, 0.25) is 0 Å². The van der Waals surface area contributed by atoms with Crippen LogP contribution in [0.3, 0.4) is 0 Å². The minimum absolute atomic E-state index is 0. The molecule has 0 saturated heterocycles. The number of halogens is 1. The Hall–Kier alpha value is -1.84. The number of nitrogens with zero attached hydrogens (tertiary/aromatic N) is 5. The molecular formula is C17H27IN6O. The first-order chi connectivity index (χ1) is 11.7. The zero-order chi connectivity index (χ0) is 17.4. The molecule has 0 spiro atoms. The Morgan fingerprint density at radius 1 is 1.32 bits per heavy atom. The van der Waals surface area contributed by atoms with E-state index in [9.17, 15) is 0 Å². The van der Waals surface area contributed by atoms with Crippen LogP contribution in [0, 0.1) is 0 Å². The summed E-state index contributed by atoms with van der Waals surface area (Å²) >= 11 is 0. The lowest BCUT2D eigenvalue weighted by Crippen LogP contribution is -2.38. The van der Waals surface area contributed by atoms with Crippen molar-refractivity contribution in [2.24, 2.45) is 4.99 Å². The summed E-state index contributed by atoms with van der Waals surface area (Å²) in [7, 11) is 3.70. The molecule has 0 atom stereocenters. The van der Waals surface area contributed by atoms with Gasteiger partial charge in [-0.1, -0.05) is 18.2 Å². The molecule has 0 aliphatic carbocycles. The quantitative estimate of drug-likeness (QED) is 0.393. The number of aliphatic imine (C=N–C) groups is 1. The molecule has 1 heterocycles. The molecule has 25 heavy (non-hydrogen) atoms. The van der Waals surface area contributed by atoms with Gasteiger partial charge in [0.1, 0.15) is 18.6 Å². The lowest BCUT2D eigenvalue weighted by atomic mass is 10.2. The van der Waals surface area contributed by atoms with E-state index in [4.69, 9.17) is 4.74 Å². The van der Waals surface area contributed by atoms with Crippen molar-refractivity contribution < 1.29 is 4.74 Å². The summed E-state index contributed by atoms with van der Waals surface area (Å²) in [5.74, 6) is 2.57. The summed E-state index contributed by atoms with van der Waals surface area (Å²) in [4.78, 5) is 6.76. The number of rotatable bonds is 7. The van der Waals surface area contributed by atoms with E-state index in [2.05, 4.69) is 45.3 Å². The minimum atomic E-state index is 0. The predicted octanol–water partition coefficient (Wildman–Crippen LogP) is 2.52. The molecule has 1 aromatic heterocycles. The molecule has 0 fully saturated rings. The molecule has 7 nitrogen and oxygen atoms in total. The van der Waals surface area contributed by atoms with Crippen LogP contribution >= 0.6 is 24.0 Å². The number of guanidine groups is 1. The second-order valence-corrected chi connectivity index (χ2v) is 5.37. The number of nitrogens with one attached hydrogen (secondary N) is 1. The van der Waals surface area contributed by atoms with Crippen LogP contribution in [0.4, 0.5) is 0 Å². The molecule has 0 saturated carbocycles. The number of methoxy groups -OCH3 is 1. The summed E-state index contributed by atoms with van der Waals surface area (Å²) in [5.41, 5.74) is 1.12. The fourth-order valence-electron chi connectivity index (χ4n) is 2.44. The van der Waals surface area contributed by atoms with Gasteiger partial charge < -0.3 is 19.5 Å². The Morgan fingerprint density at radius 2 is 2.08 bits per heavy atom. The Bertz CT molecular complexity index is 673. The highest BCUT2D eigenvalue weighted by Gasteiger charge is 2.10. The lowest BCUT2D eigenvalue weighted by Gasteiger charge is -2.23. The minimum Gasteiger partial charge on any atom is -0.496 e. The summed E-state index contributed by atoms with van der Waals surface area (Å²) < 4.78 is 7.42. The summed E-state index contributed by atoms with van der Waals surface area (Å²) in [6, 6.07) is 8.02. The van der Waals surface area contributed by atoms with Gasteiger partial charge in [0.25, 0.3) is 0 Å². The van der Waals surface area contributed by atoms with E-state index in [-0.39, 0.29) is 24.0 Å². The molecule has 0 bridgehead atoms. The van der Waals surface area contributed by atoms with E-state index in [1.54, 1.807) is 13.4 Å². The van der Waals surface area contributed by atoms with E-state index < -0.39 is 0 Å². The second-order valence-electron chi connectivity index (χ2n) is 5.37. The number of benzene rings is 1. The van der Waals surface area contributed by atoms with E-state index >= 15 is 0 Å². The van der Waals surface area contributed by atoms with Crippen LogP contribution < -0.4 is 10.1 Å². The highest BCUT2D eigenvalue weighted by atomic mass is 127. The van der Waals surface area contributed by atoms with Crippen LogP contribution in [0.25, 0.3) is 0 Å². The molecule has 138 valence electrons. The highest BCUT2D eigenvalue weighted by Crippen LogP contribution is 2.18. The van der Waals surface area contributed by atoms with Crippen LogP contribution in [0.2, 0.25) is 0 Å². The number of hydrogen-bond donors (Lipinski definition) is 1. The Labute approximate surface area is 166 Å². The predicted molar refractivity (Wildman–Crippen MR) is 110 cm³/mol. The number of ether oxygens (including phenoxy) is 1. The maximum absolute atomic E-state index is 5.43. The van der Waals surface area contributed by atoms with Crippen molar-refractivity contribution >= 4 is 29.9 Å². The third-order valence-corrected chi connectivity index (χ3v) is 3.70. The van der Waals surface area contributed by atoms with Gasteiger partial charge in [0.05, 0.1) is 7.11 Å². The molecule has 2 aromatic rings. The van der Waals surface area contributed by atoms with Crippen molar-refractivity contribution in [3.8, 4) is 5.75 Å². The maximum atomic E-state index is 5.43. The molecule has 1 N–H and O–H groups in total. The summed E-state index contributed by atoms with van der Waals surface area (Å²) in [6.07, 6.45) is 1.73. The van der Waals surface area contributed by atoms with Gasteiger partial charge >= 0.3 is 0 Å². The Kier molecular flexibility index (Phi) is 9.25. The molecule has 1 aromatic carbocycles. The lowest BCUT2D eigenvalue weighted by molar-refractivity contribution is 0.396. The first-order valence-corrected chi connectivity index (χ1v) is 8.17. The molecular weight excluding hydrogens is 431 g/mol. The smallest absolute Gasteiger partial charge is 0.194 e. The van der Waals surface area contributed by atoms with E-state index in [0.717, 1.165) is 36.2 Å². The molecule has 8 heteroatoms. The van der Waals surface area contributed by atoms with Crippen LogP contribution in [0.1, 0.15) is 25.2 Å². The molecule has 2 rings (SSSR count). The van der Waals surface area contributed by atoms with Crippen molar-refractivity contribution in [2.75, 3.05) is 20.7 Å². The molecule has 0 aliphatic rings. The van der Waals surface area contributed by atoms with Crippen LogP contribution in [0.15, 0.2) is 35.6 Å². The van der Waals surface area contributed by atoms with Gasteiger partial charge in [-0.25, -0.2) is 4.99 Å². The van der Waals surface area contributed by atoms with Gasteiger partial charge in [0, 0.05) is 32.2 Å². The zero-order valence-corrected chi connectivity index (χ0v) is 17.6. The number of aryl methyl sites for hydroxylation is 1. The van der Waals surface area contributed by atoms with Crippen LogP contribution in [0.5, 0.6) is 5.75 Å². The first kappa shape index (κ1) is 21.2. The van der Waals surface area contributed by atoms with Crippen molar-refractivity contribution in [3.05, 3.63) is 42.0 Å².